The zero-order valence-corrected chi connectivity index (χ0v) is 7.94. The minimum absolute atomic E-state index is 0.0807. The number of carboxylic acid groups (broad SMARTS) is 1. The third-order valence-electron chi connectivity index (χ3n) is 1.88. The average Bonchev–Trinajstić information content (AvgIpc) is 2.16. The second-order valence-electron chi connectivity index (χ2n) is 3.22. The molecule has 5 nitrogen and oxygen atoms in total. The predicted molar refractivity (Wildman–Crippen MR) is 46.6 cm³/mol. The molecule has 2 rings (SSSR count). The maximum absolute atomic E-state index is 12.7. The van der Waals surface area contributed by atoms with Crippen molar-refractivity contribution >= 4 is 5.97 Å². The van der Waals surface area contributed by atoms with Crippen molar-refractivity contribution in [3.05, 3.63) is 18.0 Å². The number of nitrogens with zero attached hydrogens (tertiary/aromatic N) is 1. The Kier molecular flexibility index (Phi) is 2.37. The van der Waals surface area contributed by atoms with Gasteiger partial charge in [-0.3, -0.25) is 9.78 Å². The van der Waals surface area contributed by atoms with Gasteiger partial charge in [0.15, 0.2) is 18.1 Å². The highest BCUT2D eigenvalue weighted by Crippen LogP contribution is 2.36. The van der Waals surface area contributed by atoms with Gasteiger partial charge in [-0.15, -0.1) is 0 Å². The molecule has 0 fully saturated rings. The van der Waals surface area contributed by atoms with Gasteiger partial charge in [0.05, 0.1) is 18.3 Å². The Morgan fingerprint density at radius 1 is 1.56 bits per heavy atom. The molecule has 0 aromatic carbocycles. The maximum atomic E-state index is 12.7. The van der Waals surface area contributed by atoms with Gasteiger partial charge in [-0.2, -0.15) is 8.78 Å². The molecule has 0 atom stereocenters. The van der Waals surface area contributed by atoms with Crippen LogP contribution in [0.4, 0.5) is 8.78 Å². The van der Waals surface area contributed by atoms with E-state index in [1.165, 1.54) is 6.07 Å². The summed E-state index contributed by atoms with van der Waals surface area (Å²) >= 11 is 0. The van der Waals surface area contributed by atoms with Crippen molar-refractivity contribution < 1.29 is 28.2 Å². The van der Waals surface area contributed by atoms with Crippen molar-refractivity contribution in [3.63, 3.8) is 0 Å². The highest BCUT2D eigenvalue weighted by Gasteiger charge is 2.38. The Morgan fingerprint density at radius 2 is 2.31 bits per heavy atom. The van der Waals surface area contributed by atoms with E-state index in [0.29, 0.717) is 0 Å². The molecule has 0 amide bonds. The topological polar surface area (TPSA) is 68.7 Å². The van der Waals surface area contributed by atoms with Crippen LogP contribution in [-0.2, 0) is 11.2 Å². The lowest BCUT2D eigenvalue weighted by atomic mass is 10.2. The molecular formula is C9H7F2NO4. The molecule has 86 valence electrons. The molecule has 1 aliphatic heterocycles. The molecule has 0 unspecified atom stereocenters. The van der Waals surface area contributed by atoms with Gasteiger partial charge in [-0.1, -0.05) is 0 Å². The number of fused-ring (bicyclic) bond motifs is 1. The first-order valence-electron chi connectivity index (χ1n) is 4.37. The van der Waals surface area contributed by atoms with Crippen LogP contribution in [0.5, 0.6) is 11.5 Å². The van der Waals surface area contributed by atoms with Crippen molar-refractivity contribution in [1.82, 2.24) is 4.98 Å². The Balaban J connectivity index is 2.24. The second kappa shape index (κ2) is 3.58. The van der Waals surface area contributed by atoms with Crippen LogP contribution < -0.4 is 9.47 Å². The van der Waals surface area contributed by atoms with E-state index >= 15 is 0 Å². The van der Waals surface area contributed by atoms with Crippen molar-refractivity contribution in [2.75, 3.05) is 6.61 Å². The van der Waals surface area contributed by atoms with Crippen molar-refractivity contribution in [2.45, 2.75) is 12.5 Å². The third-order valence-corrected chi connectivity index (χ3v) is 1.88. The number of ether oxygens (including phenoxy) is 2. The average molecular weight is 231 g/mol. The van der Waals surface area contributed by atoms with Gasteiger partial charge in [-0.05, 0) is 0 Å². The number of rotatable bonds is 2. The van der Waals surface area contributed by atoms with Crippen molar-refractivity contribution in [1.29, 1.82) is 0 Å². The van der Waals surface area contributed by atoms with Gasteiger partial charge in [0, 0.05) is 6.07 Å². The van der Waals surface area contributed by atoms with Crippen LogP contribution in [0.2, 0.25) is 0 Å². The lowest BCUT2D eigenvalue weighted by molar-refractivity contribution is -0.209. The normalized spacial score (nSPS) is 16.9. The van der Waals surface area contributed by atoms with E-state index in [1.807, 2.05) is 0 Å². The fourth-order valence-corrected chi connectivity index (χ4v) is 1.26. The SMILES string of the molecule is O=C(O)Cc1cc2c(cn1)OC(F)(F)CO2. The number of carbonyl (C=O) groups is 1. The largest absolute Gasteiger partial charge is 0.481 e. The summed E-state index contributed by atoms with van der Waals surface area (Å²) in [7, 11) is 0. The monoisotopic (exact) mass is 231 g/mol. The zero-order valence-electron chi connectivity index (χ0n) is 7.94. The van der Waals surface area contributed by atoms with Crippen LogP contribution in [0, 0.1) is 0 Å². The second-order valence-corrected chi connectivity index (χ2v) is 3.22. The van der Waals surface area contributed by atoms with Crippen LogP contribution in [0.15, 0.2) is 12.3 Å². The van der Waals surface area contributed by atoms with E-state index in [9.17, 15) is 13.6 Å². The Bertz CT molecular complexity index is 436. The first-order chi connectivity index (χ1) is 7.46. The van der Waals surface area contributed by atoms with Crippen LogP contribution in [-0.4, -0.2) is 28.8 Å². The molecule has 0 saturated heterocycles. The first-order valence-corrected chi connectivity index (χ1v) is 4.37. The van der Waals surface area contributed by atoms with Gasteiger partial charge < -0.3 is 14.6 Å². The minimum Gasteiger partial charge on any atom is -0.481 e. The van der Waals surface area contributed by atoms with E-state index in [-0.39, 0.29) is 23.6 Å². The predicted octanol–water partition coefficient (Wildman–Crippen LogP) is 1.07. The van der Waals surface area contributed by atoms with Crippen LogP contribution in [0.25, 0.3) is 0 Å². The molecule has 1 N–H and O–H groups in total. The zero-order chi connectivity index (χ0) is 11.8. The quantitative estimate of drug-likeness (QED) is 0.824. The standard InChI is InChI=1S/C9H7F2NO4/c10-9(11)4-15-6-1-5(2-8(13)14)12-3-7(6)16-9/h1,3H,2,4H2,(H,13,14). The molecule has 1 aromatic rings. The summed E-state index contributed by atoms with van der Waals surface area (Å²) in [5.41, 5.74) is 0.222. The summed E-state index contributed by atoms with van der Waals surface area (Å²) in [6.45, 7) is -0.892. The summed E-state index contributed by atoms with van der Waals surface area (Å²) in [6, 6.07) is 1.28. The van der Waals surface area contributed by atoms with E-state index in [0.717, 1.165) is 6.20 Å². The van der Waals surface area contributed by atoms with Crippen LogP contribution in [0.1, 0.15) is 5.69 Å². The van der Waals surface area contributed by atoms with Gasteiger partial charge in [0.25, 0.3) is 0 Å². The number of aromatic nitrogens is 1. The molecule has 0 spiro atoms. The molecule has 7 heteroatoms. The lowest BCUT2D eigenvalue weighted by Crippen LogP contribution is -2.36. The van der Waals surface area contributed by atoms with Gasteiger partial charge in [-0.25, -0.2) is 0 Å². The Labute approximate surface area is 88.6 Å². The first kappa shape index (κ1) is 10.6. The number of alkyl halides is 2. The molecule has 0 bridgehead atoms. The molecule has 1 aromatic heterocycles. The fraction of sp³-hybridized carbons (Fsp3) is 0.333. The van der Waals surface area contributed by atoms with Gasteiger partial charge >= 0.3 is 12.1 Å². The molecule has 16 heavy (non-hydrogen) atoms. The van der Waals surface area contributed by atoms with Crippen molar-refractivity contribution in [2.24, 2.45) is 0 Å². The molecule has 1 aliphatic rings. The summed E-state index contributed by atoms with van der Waals surface area (Å²) in [5.74, 6) is -1.17. The highest BCUT2D eigenvalue weighted by atomic mass is 19.3. The van der Waals surface area contributed by atoms with E-state index in [4.69, 9.17) is 9.84 Å². The number of pyridine rings is 1. The molecule has 0 aliphatic carbocycles. The Hall–Kier alpha value is -1.92. The summed E-state index contributed by atoms with van der Waals surface area (Å²) < 4.78 is 34.5. The Morgan fingerprint density at radius 3 is 3.00 bits per heavy atom. The lowest BCUT2D eigenvalue weighted by Gasteiger charge is -2.25. The minimum atomic E-state index is -3.37. The number of aliphatic carboxylic acids is 1. The van der Waals surface area contributed by atoms with E-state index < -0.39 is 18.7 Å². The number of hydrogen-bond donors (Lipinski definition) is 1. The van der Waals surface area contributed by atoms with Gasteiger partial charge in [0.2, 0.25) is 0 Å². The smallest absolute Gasteiger partial charge is 0.433 e. The van der Waals surface area contributed by atoms with Crippen LogP contribution >= 0.6 is 0 Å². The van der Waals surface area contributed by atoms with Crippen molar-refractivity contribution in [3.8, 4) is 11.5 Å². The van der Waals surface area contributed by atoms with E-state index in [1.54, 1.807) is 0 Å². The molecular weight excluding hydrogens is 224 g/mol. The maximum Gasteiger partial charge on any atom is 0.433 e. The number of hydrogen-bond acceptors (Lipinski definition) is 4. The highest BCUT2D eigenvalue weighted by molar-refractivity contribution is 5.69. The number of carboxylic acids is 1. The summed E-state index contributed by atoms with van der Waals surface area (Å²) in [4.78, 5) is 14.1. The third kappa shape index (κ3) is 2.18. The summed E-state index contributed by atoms with van der Waals surface area (Å²) in [6.07, 6.45) is -2.64. The summed E-state index contributed by atoms with van der Waals surface area (Å²) in [5, 5.41) is 8.52. The fourth-order valence-electron chi connectivity index (χ4n) is 1.26. The van der Waals surface area contributed by atoms with Crippen LogP contribution in [0.3, 0.4) is 0 Å². The number of halogens is 2. The van der Waals surface area contributed by atoms with E-state index in [2.05, 4.69) is 9.72 Å². The van der Waals surface area contributed by atoms with Gasteiger partial charge in [0.1, 0.15) is 0 Å². The molecule has 2 heterocycles. The molecule has 0 radical (unpaired) electrons. The molecule has 0 saturated carbocycles.